The fourth-order valence-electron chi connectivity index (χ4n) is 2.40. The quantitative estimate of drug-likeness (QED) is 0.858. The topological polar surface area (TPSA) is 65.5 Å². The van der Waals surface area contributed by atoms with Crippen molar-refractivity contribution < 1.29 is 9.90 Å². The van der Waals surface area contributed by atoms with Crippen LogP contribution in [-0.4, -0.2) is 35.1 Å². The molecule has 1 aromatic rings. The van der Waals surface area contributed by atoms with E-state index in [1.165, 1.54) is 0 Å². The SMILES string of the molecule is CCC1C(=O)NCCN1c1ccc([C@@H](O)CC)nc1. The van der Waals surface area contributed by atoms with Crippen molar-refractivity contribution in [2.75, 3.05) is 18.0 Å². The molecule has 1 unspecified atom stereocenters. The molecule has 1 amide bonds. The number of amides is 1. The Kier molecular flexibility index (Phi) is 4.37. The maximum absolute atomic E-state index is 11.8. The molecule has 1 aliphatic rings. The highest BCUT2D eigenvalue weighted by molar-refractivity contribution is 5.86. The molecule has 1 aliphatic heterocycles. The number of piperazine rings is 1. The van der Waals surface area contributed by atoms with E-state index in [1.807, 2.05) is 26.0 Å². The predicted molar refractivity (Wildman–Crippen MR) is 73.9 cm³/mol. The smallest absolute Gasteiger partial charge is 0.242 e. The number of hydrogen-bond acceptors (Lipinski definition) is 4. The van der Waals surface area contributed by atoms with Crippen molar-refractivity contribution in [3.8, 4) is 0 Å². The zero-order valence-electron chi connectivity index (χ0n) is 11.5. The minimum absolute atomic E-state index is 0.0754. The summed E-state index contributed by atoms with van der Waals surface area (Å²) in [5, 5.41) is 12.6. The average molecular weight is 263 g/mol. The number of pyridine rings is 1. The van der Waals surface area contributed by atoms with Crippen molar-refractivity contribution in [2.45, 2.75) is 38.8 Å². The summed E-state index contributed by atoms with van der Waals surface area (Å²) in [5.41, 5.74) is 1.62. The van der Waals surface area contributed by atoms with E-state index in [0.717, 1.165) is 18.7 Å². The number of carbonyl (C=O) groups excluding carboxylic acids is 1. The summed E-state index contributed by atoms with van der Waals surface area (Å²) in [4.78, 5) is 18.2. The maximum atomic E-state index is 11.8. The Bertz CT molecular complexity index is 433. The fourth-order valence-corrected chi connectivity index (χ4v) is 2.40. The van der Waals surface area contributed by atoms with Crippen molar-refractivity contribution in [1.29, 1.82) is 0 Å². The van der Waals surface area contributed by atoms with Gasteiger partial charge in [-0.3, -0.25) is 9.78 Å². The average Bonchev–Trinajstić information content (AvgIpc) is 2.46. The predicted octanol–water partition coefficient (Wildman–Crippen LogP) is 1.24. The van der Waals surface area contributed by atoms with Crippen LogP contribution >= 0.6 is 0 Å². The zero-order chi connectivity index (χ0) is 13.8. The Morgan fingerprint density at radius 2 is 2.32 bits per heavy atom. The second-order valence-electron chi connectivity index (χ2n) is 4.77. The van der Waals surface area contributed by atoms with E-state index in [4.69, 9.17) is 0 Å². The molecule has 2 heterocycles. The van der Waals surface area contributed by atoms with E-state index in [0.29, 0.717) is 18.7 Å². The third-order valence-corrected chi connectivity index (χ3v) is 3.55. The summed E-state index contributed by atoms with van der Waals surface area (Å²) in [7, 11) is 0. The van der Waals surface area contributed by atoms with E-state index in [-0.39, 0.29) is 11.9 Å². The molecule has 5 nitrogen and oxygen atoms in total. The van der Waals surface area contributed by atoms with Gasteiger partial charge in [0.15, 0.2) is 0 Å². The van der Waals surface area contributed by atoms with Crippen LogP contribution in [0.1, 0.15) is 38.5 Å². The molecule has 0 saturated carbocycles. The van der Waals surface area contributed by atoms with Crippen molar-refractivity contribution in [3.63, 3.8) is 0 Å². The second kappa shape index (κ2) is 6.02. The Labute approximate surface area is 113 Å². The first-order valence-corrected chi connectivity index (χ1v) is 6.85. The van der Waals surface area contributed by atoms with Gasteiger partial charge in [-0.25, -0.2) is 0 Å². The summed E-state index contributed by atoms with van der Waals surface area (Å²) < 4.78 is 0. The van der Waals surface area contributed by atoms with E-state index in [2.05, 4.69) is 15.2 Å². The first-order chi connectivity index (χ1) is 9.17. The lowest BCUT2D eigenvalue weighted by atomic mass is 10.1. The van der Waals surface area contributed by atoms with Crippen LogP contribution in [0.2, 0.25) is 0 Å². The number of anilines is 1. The van der Waals surface area contributed by atoms with Gasteiger partial charge in [-0.1, -0.05) is 13.8 Å². The molecule has 0 aromatic carbocycles. The lowest BCUT2D eigenvalue weighted by Crippen LogP contribution is -2.55. The first-order valence-electron chi connectivity index (χ1n) is 6.85. The molecule has 5 heteroatoms. The molecule has 0 spiro atoms. The Morgan fingerprint density at radius 3 is 2.89 bits per heavy atom. The van der Waals surface area contributed by atoms with Crippen LogP contribution < -0.4 is 10.2 Å². The van der Waals surface area contributed by atoms with E-state index >= 15 is 0 Å². The first kappa shape index (κ1) is 13.8. The highest BCUT2D eigenvalue weighted by atomic mass is 16.3. The molecule has 0 radical (unpaired) electrons. The van der Waals surface area contributed by atoms with Crippen molar-refractivity contribution in [1.82, 2.24) is 10.3 Å². The molecule has 1 fully saturated rings. The van der Waals surface area contributed by atoms with E-state index in [1.54, 1.807) is 6.20 Å². The van der Waals surface area contributed by atoms with Gasteiger partial charge in [-0.05, 0) is 25.0 Å². The highest BCUT2D eigenvalue weighted by Crippen LogP contribution is 2.22. The number of nitrogens with one attached hydrogen (secondary N) is 1. The molecule has 2 rings (SSSR count). The molecule has 0 aliphatic carbocycles. The number of aliphatic hydroxyl groups is 1. The number of nitrogens with zero attached hydrogens (tertiary/aromatic N) is 2. The van der Waals surface area contributed by atoms with Crippen LogP contribution in [-0.2, 0) is 4.79 Å². The van der Waals surface area contributed by atoms with Crippen LogP contribution in [0, 0.1) is 0 Å². The van der Waals surface area contributed by atoms with Gasteiger partial charge < -0.3 is 15.3 Å². The van der Waals surface area contributed by atoms with E-state index in [9.17, 15) is 9.90 Å². The largest absolute Gasteiger partial charge is 0.387 e. The molecule has 19 heavy (non-hydrogen) atoms. The van der Waals surface area contributed by atoms with Gasteiger partial charge in [0, 0.05) is 13.1 Å². The highest BCUT2D eigenvalue weighted by Gasteiger charge is 2.28. The Morgan fingerprint density at radius 1 is 1.53 bits per heavy atom. The van der Waals surface area contributed by atoms with Crippen molar-refractivity contribution in [3.05, 3.63) is 24.0 Å². The molecule has 104 valence electrons. The third kappa shape index (κ3) is 2.87. The van der Waals surface area contributed by atoms with E-state index < -0.39 is 6.10 Å². The molecule has 1 aromatic heterocycles. The van der Waals surface area contributed by atoms with Crippen LogP contribution in [0.15, 0.2) is 18.3 Å². The van der Waals surface area contributed by atoms with Crippen LogP contribution in [0.5, 0.6) is 0 Å². The second-order valence-corrected chi connectivity index (χ2v) is 4.77. The molecular weight excluding hydrogens is 242 g/mol. The minimum atomic E-state index is -0.513. The number of hydrogen-bond donors (Lipinski definition) is 2. The normalized spacial score (nSPS) is 21.1. The maximum Gasteiger partial charge on any atom is 0.242 e. The summed E-state index contributed by atoms with van der Waals surface area (Å²) in [6.45, 7) is 5.38. The number of aromatic nitrogens is 1. The van der Waals surface area contributed by atoms with Gasteiger partial charge in [0.2, 0.25) is 5.91 Å². The Hall–Kier alpha value is -1.62. The van der Waals surface area contributed by atoms with Gasteiger partial charge in [0.05, 0.1) is 23.7 Å². The number of rotatable bonds is 4. The van der Waals surface area contributed by atoms with Gasteiger partial charge >= 0.3 is 0 Å². The molecule has 2 atom stereocenters. The monoisotopic (exact) mass is 263 g/mol. The van der Waals surface area contributed by atoms with Crippen molar-refractivity contribution in [2.24, 2.45) is 0 Å². The van der Waals surface area contributed by atoms with Crippen LogP contribution in [0.4, 0.5) is 5.69 Å². The fraction of sp³-hybridized carbons (Fsp3) is 0.571. The minimum Gasteiger partial charge on any atom is -0.387 e. The zero-order valence-corrected chi connectivity index (χ0v) is 11.5. The summed E-state index contributed by atoms with van der Waals surface area (Å²) in [6, 6.07) is 3.64. The van der Waals surface area contributed by atoms with Crippen molar-refractivity contribution >= 4 is 11.6 Å². The summed E-state index contributed by atoms with van der Waals surface area (Å²) in [5.74, 6) is 0.0754. The third-order valence-electron chi connectivity index (χ3n) is 3.55. The standard InChI is InChI=1S/C14H21N3O2/c1-3-12-14(19)15-7-8-17(12)10-5-6-11(16-9-10)13(18)4-2/h5-6,9,12-13,18H,3-4,7-8H2,1-2H3,(H,15,19)/t12?,13-/m0/s1. The van der Waals surface area contributed by atoms with Gasteiger partial charge in [-0.2, -0.15) is 0 Å². The van der Waals surface area contributed by atoms with Gasteiger partial charge in [0.1, 0.15) is 6.04 Å². The lowest BCUT2D eigenvalue weighted by molar-refractivity contribution is -0.123. The number of carbonyl (C=O) groups is 1. The summed E-state index contributed by atoms with van der Waals surface area (Å²) >= 11 is 0. The van der Waals surface area contributed by atoms with Crippen LogP contribution in [0.3, 0.4) is 0 Å². The molecule has 2 N–H and O–H groups in total. The molecule has 0 bridgehead atoms. The van der Waals surface area contributed by atoms with Crippen LogP contribution in [0.25, 0.3) is 0 Å². The number of aliphatic hydroxyl groups excluding tert-OH is 1. The summed E-state index contributed by atoms with van der Waals surface area (Å²) in [6.07, 6.45) is 2.65. The van der Waals surface area contributed by atoms with Gasteiger partial charge in [-0.15, -0.1) is 0 Å². The Balaban J connectivity index is 2.18. The van der Waals surface area contributed by atoms with Gasteiger partial charge in [0.25, 0.3) is 0 Å². The molecule has 1 saturated heterocycles. The lowest BCUT2D eigenvalue weighted by Gasteiger charge is -2.36. The molecular formula is C14H21N3O2.